The monoisotopic (exact) mass is 248 g/mol. The van der Waals surface area contributed by atoms with Crippen LogP contribution in [0.5, 0.6) is 0 Å². The summed E-state index contributed by atoms with van der Waals surface area (Å²) in [5, 5.41) is 4.06. The van der Waals surface area contributed by atoms with Crippen molar-refractivity contribution in [2.45, 2.75) is 33.4 Å². The molecule has 0 aliphatic carbocycles. The van der Waals surface area contributed by atoms with Gasteiger partial charge >= 0.3 is 5.97 Å². The Morgan fingerprint density at radius 1 is 1.56 bits per heavy atom. The molecule has 0 amide bonds. The molecule has 5 heteroatoms. The first-order valence-corrected chi connectivity index (χ1v) is 5.81. The number of rotatable bonds is 4. The molecule has 0 aromatic carbocycles. The zero-order valence-corrected chi connectivity index (χ0v) is 10.7. The van der Waals surface area contributed by atoms with E-state index in [4.69, 9.17) is 9.15 Å². The maximum absolute atomic E-state index is 11.9. The molecular formula is C13H16N2O3. The van der Waals surface area contributed by atoms with E-state index >= 15 is 0 Å². The van der Waals surface area contributed by atoms with Crippen molar-refractivity contribution in [2.24, 2.45) is 0 Å². The van der Waals surface area contributed by atoms with Crippen LogP contribution < -0.4 is 0 Å². The van der Waals surface area contributed by atoms with Gasteiger partial charge in [0.25, 0.3) is 0 Å². The van der Waals surface area contributed by atoms with Crippen LogP contribution in [0.3, 0.4) is 0 Å². The Kier molecular flexibility index (Phi) is 3.50. The minimum absolute atomic E-state index is 0.244. The lowest BCUT2D eigenvalue weighted by Crippen LogP contribution is -2.21. The van der Waals surface area contributed by atoms with E-state index in [1.165, 1.54) is 0 Å². The van der Waals surface area contributed by atoms with Crippen molar-refractivity contribution in [2.75, 3.05) is 0 Å². The van der Waals surface area contributed by atoms with Crippen LogP contribution in [0.1, 0.15) is 28.8 Å². The lowest BCUT2D eigenvalue weighted by atomic mass is 10.2. The minimum atomic E-state index is -0.357. The Hall–Kier alpha value is -2.04. The van der Waals surface area contributed by atoms with Crippen molar-refractivity contribution < 1.29 is 13.9 Å². The minimum Gasteiger partial charge on any atom is -0.466 e. The van der Waals surface area contributed by atoms with Crippen LogP contribution in [0.25, 0.3) is 0 Å². The van der Waals surface area contributed by atoms with E-state index in [2.05, 4.69) is 5.10 Å². The summed E-state index contributed by atoms with van der Waals surface area (Å²) < 4.78 is 12.4. The molecule has 96 valence electrons. The Morgan fingerprint density at radius 3 is 2.89 bits per heavy atom. The van der Waals surface area contributed by atoms with Crippen molar-refractivity contribution in [3.63, 3.8) is 0 Å². The molecule has 2 rings (SSSR count). The number of carbonyl (C=O) groups is 1. The molecule has 0 aliphatic heterocycles. The number of hydrogen-bond acceptors (Lipinski definition) is 4. The molecule has 0 unspecified atom stereocenters. The van der Waals surface area contributed by atoms with Crippen molar-refractivity contribution in [1.82, 2.24) is 9.78 Å². The molecule has 2 aromatic heterocycles. The van der Waals surface area contributed by atoms with Gasteiger partial charge in [0.15, 0.2) is 0 Å². The van der Waals surface area contributed by atoms with Crippen LogP contribution in [-0.4, -0.2) is 21.9 Å². The lowest BCUT2D eigenvalue weighted by Gasteiger charge is -2.12. The highest BCUT2D eigenvalue weighted by molar-refractivity contribution is 5.90. The molecule has 0 radical (unpaired) electrons. The van der Waals surface area contributed by atoms with Gasteiger partial charge in [-0.15, -0.1) is 0 Å². The van der Waals surface area contributed by atoms with E-state index in [9.17, 15) is 4.79 Å². The second-order valence-electron chi connectivity index (χ2n) is 4.27. The van der Waals surface area contributed by atoms with Crippen molar-refractivity contribution in [3.05, 3.63) is 41.6 Å². The highest BCUT2D eigenvalue weighted by Crippen LogP contribution is 2.15. The Bertz CT molecular complexity index is 528. The Morgan fingerprint density at radius 2 is 2.33 bits per heavy atom. The summed E-state index contributed by atoms with van der Waals surface area (Å²) in [4.78, 5) is 11.9. The summed E-state index contributed by atoms with van der Waals surface area (Å²) in [5.41, 5.74) is 0.486. The second-order valence-corrected chi connectivity index (χ2v) is 4.27. The molecule has 18 heavy (non-hydrogen) atoms. The number of furan rings is 1. The zero-order valence-electron chi connectivity index (χ0n) is 10.7. The number of hydrogen-bond donors (Lipinski definition) is 0. The SMILES string of the molecule is Cc1cc(C(=O)O[C@@H](C)Cn2cccn2)c(C)o1. The standard InChI is InChI=1S/C13H16N2O3/c1-9-7-12(11(3)17-9)13(16)18-10(2)8-15-6-4-5-14-15/h4-7,10H,8H2,1-3H3/t10-/m0/s1. The summed E-state index contributed by atoms with van der Waals surface area (Å²) >= 11 is 0. The maximum Gasteiger partial charge on any atom is 0.342 e. The number of aryl methyl sites for hydroxylation is 2. The van der Waals surface area contributed by atoms with Gasteiger partial charge < -0.3 is 9.15 Å². The molecule has 0 N–H and O–H groups in total. The first-order chi connectivity index (χ1) is 8.56. The zero-order chi connectivity index (χ0) is 13.1. The van der Waals surface area contributed by atoms with Crippen molar-refractivity contribution in [3.8, 4) is 0 Å². The fraction of sp³-hybridized carbons (Fsp3) is 0.385. The highest BCUT2D eigenvalue weighted by Gasteiger charge is 2.17. The Labute approximate surface area is 105 Å². The summed E-state index contributed by atoms with van der Waals surface area (Å²) in [6, 6.07) is 3.52. The first kappa shape index (κ1) is 12.4. The number of carbonyl (C=O) groups excluding carboxylic acids is 1. The van der Waals surface area contributed by atoms with E-state index in [0.717, 1.165) is 0 Å². The smallest absolute Gasteiger partial charge is 0.342 e. The molecule has 0 saturated heterocycles. The van der Waals surface area contributed by atoms with Gasteiger partial charge in [0.2, 0.25) is 0 Å². The van der Waals surface area contributed by atoms with E-state index < -0.39 is 0 Å². The van der Waals surface area contributed by atoms with Crippen LogP contribution in [-0.2, 0) is 11.3 Å². The number of aromatic nitrogens is 2. The summed E-state index contributed by atoms with van der Waals surface area (Å²) in [6.07, 6.45) is 3.28. The van der Waals surface area contributed by atoms with Gasteiger partial charge in [-0.3, -0.25) is 4.68 Å². The van der Waals surface area contributed by atoms with Crippen LogP contribution in [0.4, 0.5) is 0 Å². The molecule has 5 nitrogen and oxygen atoms in total. The topological polar surface area (TPSA) is 57.3 Å². The summed E-state index contributed by atoms with van der Waals surface area (Å²) in [6.45, 7) is 5.93. The van der Waals surface area contributed by atoms with E-state index in [0.29, 0.717) is 23.6 Å². The fourth-order valence-electron chi connectivity index (χ4n) is 1.79. The molecule has 1 atom stereocenters. The summed E-state index contributed by atoms with van der Waals surface area (Å²) in [5.74, 6) is 0.937. The van der Waals surface area contributed by atoms with Crippen LogP contribution in [0, 0.1) is 13.8 Å². The highest BCUT2D eigenvalue weighted by atomic mass is 16.5. The average Bonchev–Trinajstić information content (AvgIpc) is 2.88. The molecule has 0 saturated carbocycles. The molecule has 0 bridgehead atoms. The molecule has 0 aliphatic rings. The van der Waals surface area contributed by atoms with Gasteiger partial charge in [-0.2, -0.15) is 5.10 Å². The third kappa shape index (κ3) is 2.80. The summed E-state index contributed by atoms with van der Waals surface area (Å²) in [7, 11) is 0. The van der Waals surface area contributed by atoms with Crippen molar-refractivity contribution >= 4 is 5.97 Å². The average molecular weight is 248 g/mol. The first-order valence-electron chi connectivity index (χ1n) is 5.81. The second kappa shape index (κ2) is 5.08. The van der Waals surface area contributed by atoms with Gasteiger partial charge in [-0.25, -0.2) is 4.79 Å². The molecule has 0 spiro atoms. The largest absolute Gasteiger partial charge is 0.466 e. The van der Waals surface area contributed by atoms with Crippen molar-refractivity contribution in [1.29, 1.82) is 0 Å². The fourth-order valence-corrected chi connectivity index (χ4v) is 1.79. The van der Waals surface area contributed by atoms with Gasteiger partial charge in [-0.05, 0) is 32.9 Å². The van der Waals surface area contributed by atoms with E-state index in [1.807, 2.05) is 19.2 Å². The van der Waals surface area contributed by atoms with Gasteiger partial charge in [0.1, 0.15) is 23.2 Å². The number of esters is 1. The predicted octanol–water partition coefficient (Wildman–Crippen LogP) is 2.34. The quantitative estimate of drug-likeness (QED) is 0.779. The van der Waals surface area contributed by atoms with E-state index in [-0.39, 0.29) is 12.1 Å². The van der Waals surface area contributed by atoms with Gasteiger partial charge in [0, 0.05) is 12.4 Å². The van der Waals surface area contributed by atoms with Crippen LogP contribution in [0.2, 0.25) is 0 Å². The molecule has 0 fully saturated rings. The number of ether oxygens (including phenoxy) is 1. The lowest BCUT2D eigenvalue weighted by molar-refractivity contribution is 0.0297. The van der Waals surface area contributed by atoms with E-state index in [1.54, 1.807) is 30.8 Å². The third-order valence-corrected chi connectivity index (χ3v) is 2.57. The van der Waals surface area contributed by atoms with Gasteiger partial charge in [-0.1, -0.05) is 0 Å². The van der Waals surface area contributed by atoms with Crippen LogP contribution in [0.15, 0.2) is 28.9 Å². The third-order valence-electron chi connectivity index (χ3n) is 2.57. The Balaban J connectivity index is 1.97. The molecule has 2 aromatic rings. The normalized spacial score (nSPS) is 12.4. The molecule has 2 heterocycles. The maximum atomic E-state index is 11.9. The number of nitrogens with zero attached hydrogens (tertiary/aromatic N) is 2. The van der Waals surface area contributed by atoms with Gasteiger partial charge in [0.05, 0.1) is 6.54 Å². The molecular weight excluding hydrogens is 232 g/mol. The van der Waals surface area contributed by atoms with Crippen LogP contribution >= 0.6 is 0 Å². The predicted molar refractivity (Wildman–Crippen MR) is 65.3 cm³/mol.